The lowest BCUT2D eigenvalue weighted by Gasteiger charge is -2.22. The van der Waals surface area contributed by atoms with E-state index in [1.54, 1.807) is 24.3 Å². The van der Waals surface area contributed by atoms with Gasteiger partial charge in [0.05, 0.1) is 17.3 Å². The van der Waals surface area contributed by atoms with Gasteiger partial charge in [-0.2, -0.15) is 0 Å². The van der Waals surface area contributed by atoms with Gasteiger partial charge in [-0.3, -0.25) is 19.3 Å². The van der Waals surface area contributed by atoms with Gasteiger partial charge in [-0.05, 0) is 25.0 Å². The van der Waals surface area contributed by atoms with Crippen LogP contribution in [-0.2, 0) is 14.4 Å². The number of carbonyl (C=O) groups is 4. The summed E-state index contributed by atoms with van der Waals surface area (Å²) >= 11 is 5.99. The smallest absolute Gasteiger partial charge is 0.325 e. The van der Waals surface area contributed by atoms with Gasteiger partial charge in [-0.15, -0.1) is 0 Å². The first-order chi connectivity index (χ1) is 12.8. The Balaban J connectivity index is 1.56. The van der Waals surface area contributed by atoms with E-state index in [9.17, 15) is 19.2 Å². The van der Waals surface area contributed by atoms with Crippen LogP contribution in [0.4, 0.5) is 10.5 Å². The highest BCUT2D eigenvalue weighted by molar-refractivity contribution is 6.33. The molecule has 1 saturated carbocycles. The molecule has 0 bridgehead atoms. The molecular formula is C18H21ClN4O4. The van der Waals surface area contributed by atoms with Crippen LogP contribution in [0.15, 0.2) is 24.3 Å². The van der Waals surface area contributed by atoms with Crippen molar-refractivity contribution >= 4 is 41.0 Å². The first-order valence-electron chi connectivity index (χ1n) is 8.75. The van der Waals surface area contributed by atoms with Crippen molar-refractivity contribution in [2.24, 2.45) is 0 Å². The summed E-state index contributed by atoms with van der Waals surface area (Å²) in [5, 5.41) is 5.74. The van der Waals surface area contributed by atoms with Crippen LogP contribution < -0.4 is 10.6 Å². The molecule has 2 fully saturated rings. The highest BCUT2D eigenvalue weighted by Gasteiger charge is 2.52. The molecule has 9 heteroatoms. The maximum absolute atomic E-state index is 12.6. The van der Waals surface area contributed by atoms with Crippen molar-refractivity contribution in [3.8, 4) is 0 Å². The molecule has 1 aromatic rings. The maximum atomic E-state index is 12.6. The fraction of sp³-hybridized carbons (Fsp3) is 0.444. The van der Waals surface area contributed by atoms with Gasteiger partial charge in [-0.1, -0.05) is 36.6 Å². The number of nitrogens with one attached hydrogen (secondary N) is 2. The molecular weight excluding hydrogens is 372 g/mol. The van der Waals surface area contributed by atoms with Crippen LogP contribution in [0, 0.1) is 0 Å². The molecule has 0 radical (unpaired) electrons. The van der Waals surface area contributed by atoms with Crippen molar-refractivity contribution in [1.82, 2.24) is 15.1 Å². The molecule has 1 aromatic carbocycles. The second kappa shape index (κ2) is 7.56. The van der Waals surface area contributed by atoms with Crippen LogP contribution in [0.5, 0.6) is 0 Å². The van der Waals surface area contributed by atoms with Crippen LogP contribution >= 0.6 is 11.6 Å². The third-order valence-corrected chi connectivity index (χ3v) is 5.28. The summed E-state index contributed by atoms with van der Waals surface area (Å²) in [6.45, 7) is -0.610. The zero-order chi connectivity index (χ0) is 19.6. The number of anilines is 1. The Hall–Kier alpha value is -2.61. The molecule has 1 spiro atoms. The number of likely N-dealkylation sites (N-methyl/N-ethyl adjacent to an activating group) is 1. The highest BCUT2D eigenvalue weighted by Crippen LogP contribution is 2.34. The number of nitrogens with zero attached hydrogens (tertiary/aromatic N) is 2. The van der Waals surface area contributed by atoms with E-state index in [0.717, 1.165) is 17.7 Å². The zero-order valence-corrected chi connectivity index (χ0v) is 15.7. The normalized spacial score (nSPS) is 17.9. The molecule has 8 nitrogen and oxygen atoms in total. The van der Waals surface area contributed by atoms with E-state index in [4.69, 9.17) is 11.6 Å². The SMILES string of the molecule is CN(CC(=O)Nc1ccccc1Cl)C(=O)CN1C(=O)NC2(CCCC2)C1=O. The highest BCUT2D eigenvalue weighted by atomic mass is 35.5. The van der Waals surface area contributed by atoms with Crippen molar-refractivity contribution < 1.29 is 19.2 Å². The Bertz CT molecular complexity index is 791. The van der Waals surface area contributed by atoms with Gasteiger partial charge >= 0.3 is 6.03 Å². The Kier molecular flexibility index (Phi) is 5.36. The molecule has 0 unspecified atom stereocenters. The van der Waals surface area contributed by atoms with Crippen molar-refractivity contribution in [2.45, 2.75) is 31.2 Å². The van der Waals surface area contributed by atoms with Gasteiger partial charge in [0, 0.05) is 7.05 Å². The number of urea groups is 1. The first-order valence-corrected chi connectivity index (χ1v) is 9.13. The average Bonchev–Trinajstić information content (AvgIpc) is 3.18. The van der Waals surface area contributed by atoms with E-state index in [-0.39, 0.29) is 19.0 Å². The van der Waals surface area contributed by atoms with Crippen LogP contribution in [0.25, 0.3) is 0 Å². The molecule has 27 heavy (non-hydrogen) atoms. The number of hydrogen-bond acceptors (Lipinski definition) is 4. The minimum atomic E-state index is -0.850. The van der Waals surface area contributed by atoms with Crippen LogP contribution in [0.2, 0.25) is 5.02 Å². The standard InChI is InChI=1S/C18H21ClN4O4/c1-22(10-14(24)20-13-7-3-2-6-12(13)19)15(25)11-23-16(26)18(21-17(23)27)8-4-5-9-18/h2-3,6-7H,4-5,8-11H2,1H3,(H,20,24)(H,21,27). The second-order valence-electron chi connectivity index (χ2n) is 6.89. The molecule has 5 amide bonds. The van der Waals surface area contributed by atoms with Crippen molar-refractivity contribution in [3.05, 3.63) is 29.3 Å². The van der Waals surface area contributed by atoms with Crippen LogP contribution in [0.1, 0.15) is 25.7 Å². The van der Waals surface area contributed by atoms with Gasteiger partial charge < -0.3 is 15.5 Å². The summed E-state index contributed by atoms with van der Waals surface area (Å²) in [7, 11) is 1.44. The summed E-state index contributed by atoms with van der Waals surface area (Å²) in [4.78, 5) is 51.3. The van der Waals surface area contributed by atoms with E-state index in [1.807, 2.05) is 0 Å². The largest absolute Gasteiger partial charge is 0.335 e. The van der Waals surface area contributed by atoms with E-state index >= 15 is 0 Å². The number of halogens is 1. The van der Waals surface area contributed by atoms with Crippen molar-refractivity contribution in [2.75, 3.05) is 25.5 Å². The molecule has 1 aliphatic carbocycles. The molecule has 1 heterocycles. The summed E-state index contributed by atoms with van der Waals surface area (Å²) in [6.07, 6.45) is 2.93. The summed E-state index contributed by atoms with van der Waals surface area (Å²) in [6, 6.07) is 6.21. The van der Waals surface area contributed by atoms with Gasteiger partial charge in [0.1, 0.15) is 12.1 Å². The minimum absolute atomic E-state index is 0.223. The van der Waals surface area contributed by atoms with Crippen LogP contribution in [-0.4, -0.2) is 59.2 Å². The Morgan fingerprint density at radius 2 is 1.93 bits per heavy atom. The molecule has 1 aliphatic heterocycles. The maximum Gasteiger partial charge on any atom is 0.325 e. The molecule has 0 atom stereocenters. The quantitative estimate of drug-likeness (QED) is 0.743. The van der Waals surface area contributed by atoms with E-state index < -0.39 is 23.4 Å². The summed E-state index contributed by atoms with van der Waals surface area (Å²) in [5.41, 5.74) is -0.403. The van der Waals surface area contributed by atoms with Gasteiger partial charge in [0.2, 0.25) is 11.8 Å². The fourth-order valence-corrected chi connectivity index (χ4v) is 3.63. The first kappa shape index (κ1) is 19.2. The predicted molar refractivity (Wildman–Crippen MR) is 99.2 cm³/mol. The number of carbonyl (C=O) groups excluding carboxylic acids is 4. The van der Waals surface area contributed by atoms with Crippen LogP contribution in [0.3, 0.4) is 0 Å². The van der Waals surface area contributed by atoms with E-state index in [2.05, 4.69) is 10.6 Å². The third kappa shape index (κ3) is 3.90. The number of rotatable bonds is 5. The molecule has 0 aromatic heterocycles. The summed E-state index contributed by atoms with van der Waals surface area (Å²) < 4.78 is 0. The number of hydrogen-bond donors (Lipinski definition) is 2. The zero-order valence-electron chi connectivity index (χ0n) is 15.0. The number of amides is 5. The van der Waals surface area contributed by atoms with Gasteiger partial charge in [0.25, 0.3) is 5.91 Å². The number of imide groups is 1. The fourth-order valence-electron chi connectivity index (χ4n) is 3.45. The summed E-state index contributed by atoms with van der Waals surface area (Å²) in [5.74, 6) is -1.28. The molecule has 2 N–H and O–H groups in total. The lowest BCUT2D eigenvalue weighted by molar-refractivity contribution is -0.139. The minimum Gasteiger partial charge on any atom is -0.335 e. The van der Waals surface area contributed by atoms with Crippen molar-refractivity contribution in [3.63, 3.8) is 0 Å². The lowest BCUT2D eigenvalue weighted by Crippen LogP contribution is -2.46. The predicted octanol–water partition coefficient (Wildman–Crippen LogP) is 1.60. The van der Waals surface area contributed by atoms with E-state index in [0.29, 0.717) is 23.6 Å². The van der Waals surface area contributed by atoms with Gasteiger partial charge in [-0.25, -0.2) is 4.79 Å². The molecule has 2 aliphatic rings. The number of benzene rings is 1. The van der Waals surface area contributed by atoms with E-state index in [1.165, 1.54) is 11.9 Å². The Labute approximate surface area is 161 Å². The third-order valence-electron chi connectivity index (χ3n) is 4.95. The molecule has 144 valence electrons. The van der Waals surface area contributed by atoms with Crippen molar-refractivity contribution in [1.29, 1.82) is 0 Å². The molecule has 1 saturated heterocycles. The Morgan fingerprint density at radius 1 is 1.26 bits per heavy atom. The monoisotopic (exact) mass is 392 g/mol. The van der Waals surface area contributed by atoms with Gasteiger partial charge in [0.15, 0.2) is 0 Å². The Morgan fingerprint density at radius 3 is 2.59 bits per heavy atom. The molecule has 3 rings (SSSR count). The second-order valence-corrected chi connectivity index (χ2v) is 7.30. The number of para-hydroxylation sites is 1. The lowest BCUT2D eigenvalue weighted by atomic mass is 9.98. The average molecular weight is 393 g/mol. The topological polar surface area (TPSA) is 98.8 Å².